The SMILES string of the molecule is C/C(=C/NC1(CC#N)CCC(Nc2ccc(Cl)cc2)CC1)C(N)=NC1=CCC(F)=NC=C1. The summed E-state index contributed by atoms with van der Waals surface area (Å²) in [5, 5.41) is 17.1. The number of nitriles is 1. The predicted molar refractivity (Wildman–Crippen MR) is 129 cm³/mol. The van der Waals surface area contributed by atoms with Crippen LogP contribution in [0.25, 0.3) is 0 Å². The fourth-order valence-electron chi connectivity index (χ4n) is 3.77. The quantitative estimate of drug-likeness (QED) is 0.381. The first-order valence-corrected chi connectivity index (χ1v) is 11.0. The number of anilines is 1. The van der Waals surface area contributed by atoms with Gasteiger partial charge in [0.05, 0.1) is 18.2 Å². The molecule has 1 aromatic rings. The van der Waals surface area contributed by atoms with Gasteiger partial charge in [0.25, 0.3) is 0 Å². The van der Waals surface area contributed by atoms with E-state index >= 15 is 0 Å². The highest BCUT2D eigenvalue weighted by Gasteiger charge is 2.34. The Hall–Kier alpha value is -3.11. The molecule has 3 rings (SSSR count). The van der Waals surface area contributed by atoms with Gasteiger partial charge >= 0.3 is 0 Å². The van der Waals surface area contributed by atoms with Crippen molar-refractivity contribution < 1.29 is 4.39 Å². The summed E-state index contributed by atoms with van der Waals surface area (Å²) in [5.41, 5.74) is 8.20. The second-order valence-electron chi connectivity index (χ2n) is 8.16. The Morgan fingerprint density at radius 3 is 2.78 bits per heavy atom. The standard InChI is InChI=1S/C24H28ClFN6/c1-17(23(28)32-20-6-7-22(26)29-15-10-20)16-30-24(13-14-27)11-8-21(9-12-24)31-19-4-2-18(25)3-5-19/h2-6,10,15-16,21,30-31H,7-9,11-13H2,1H3,(H2,28,32)/b17-16-. The molecule has 0 unspecified atom stereocenters. The smallest absolute Gasteiger partial charge is 0.192 e. The van der Waals surface area contributed by atoms with Crippen LogP contribution < -0.4 is 16.4 Å². The Balaban J connectivity index is 1.61. The van der Waals surface area contributed by atoms with E-state index in [2.05, 4.69) is 26.7 Å². The summed E-state index contributed by atoms with van der Waals surface area (Å²) in [7, 11) is 0. The normalized spacial score (nSPS) is 24.1. The Labute approximate surface area is 193 Å². The monoisotopic (exact) mass is 454 g/mol. The summed E-state index contributed by atoms with van der Waals surface area (Å²) in [4.78, 5) is 7.99. The van der Waals surface area contributed by atoms with E-state index in [1.807, 2.05) is 37.4 Å². The number of halogens is 2. The summed E-state index contributed by atoms with van der Waals surface area (Å²) >= 11 is 5.96. The van der Waals surface area contributed by atoms with Crippen LogP contribution in [0.3, 0.4) is 0 Å². The van der Waals surface area contributed by atoms with Gasteiger partial charge in [-0.25, -0.2) is 9.98 Å². The molecular weight excluding hydrogens is 427 g/mol. The van der Waals surface area contributed by atoms with Gasteiger partial charge < -0.3 is 16.4 Å². The van der Waals surface area contributed by atoms with Crippen LogP contribution in [0, 0.1) is 11.3 Å². The van der Waals surface area contributed by atoms with Crippen LogP contribution in [0.5, 0.6) is 0 Å². The minimum absolute atomic E-state index is 0.0939. The molecule has 1 saturated carbocycles. The number of nitrogens with two attached hydrogens (primary N) is 1. The third-order valence-electron chi connectivity index (χ3n) is 5.76. The van der Waals surface area contributed by atoms with Gasteiger partial charge in [-0.15, -0.1) is 0 Å². The number of aliphatic imine (C=N–C) groups is 2. The zero-order valence-corrected chi connectivity index (χ0v) is 18.9. The lowest BCUT2D eigenvalue weighted by atomic mass is 9.77. The number of amidine groups is 1. The molecule has 1 aliphatic heterocycles. The molecule has 0 atom stereocenters. The molecule has 8 heteroatoms. The summed E-state index contributed by atoms with van der Waals surface area (Å²) in [5.74, 6) is -0.126. The van der Waals surface area contributed by atoms with Gasteiger partial charge in [0.2, 0.25) is 0 Å². The van der Waals surface area contributed by atoms with Crippen LogP contribution in [0.1, 0.15) is 45.4 Å². The Morgan fingerprint density at radius 2 is 2.09 bits per heavy atom. The maximum Gasteiger partial charge on any atom is 0.192 e. The number of nitrogens with zero attached hydrogens (tertiary/aromatic N) is 3. The van der Waals surface area contributed by atoms with E-state index < -0.39 is 5.97 Å². The van der Waals surface area contributed by atoms with Gasteiger partial charge in [-0.2, -0.15) is 9.65 Å². The highest BCUT2D eigenvalue weighted by atomic mass is 35.5. The lowest BCUT2D eigenvalue weighted by molar-refractivity contribution is 0.249. The molecule has 168 valence electrons. The fourth-order valence-corrected chi connectivity index (χ4v) is 3.90. The predicted octanol–water partition coefficient (Wildman–Crippen LogP) is 5.37. The van der Waals surface area contributed by atoms with Crippen LogP contribution in [-0.2, 0) is 0 Å². The molecule has 0 saturated heterocycles. The summed E-state index contributed by atoms with van der Waals surface area (Å²) < 4.78 is 13.2. The van der Waals surface area contributed by atoms with Crippen molar-refractivity contribution in [3.05, 3.63) is 65.1 Å². The Kier molecular flexibility index (Phi) is 8.07. The minimum Gasteiger partial charge on any atom is -0.384 e. The second-order valence-corrected chi connectivity index (χ2v) is 8.60. The molecule has 1 heterocycles. The van der Waals surface area contributed by atoms with Crippen molar-refractivity contribution in [2.24, 2.45) is 15.7 Å². The van der Waals surface area contributed by atoms with Gasteiger partial charge in [0.15, 0.2) is 5.97 Å². The van der Waals surface area contributed by atoms with Crippen molar-refractivity contribution in [3.63, 3.8) is 0 Å². The van der Waals surface area contributed by atoms with Crippen LogP contribution in [0.4, 0.5) is 10.1 Å². The lowest BCUT2D eigenvalue weighted by Crippen LogP contribution is -2.47. The molecule has 6 nitrogen and oxygen atoms in total. The van der Waals surface area contributed by atoms with Crippen molar-refractivity contribution in [3.8, 4) is 6.07 Å². The maximum absolute atomic E-state index is 13.2. The third-order valence-corrected chi connectivity index (χ3v) is 6.02. The second kappa shape index (κ2) is 11.0. The van der Waals surface area contributed by atoms with Gasteiger partial charge in [-0.05, 0) is 62.9 Å². The molecule has 2 aliphatic rings. The van der Waals surface area contributed by atoms with E-state index in [0.29, 0.717) is 29.0 Å². The van der Waals surface area contributed by atoms with Crippen LogP contribution >= 0.6 is 11.6 Å². The van der Waals surface area contributed by atoms with Gasteiger partial charge in [-0.3, -0.25) is 0 Å². The number of hydrogen-bond donors (Lipinski definition) is 3. The summed E-state index contributed by atoms with van der Waals surface area (Å²) in [6, 6.07) is 10.4. The van der Waals surface area contributed by atoms with Crippen LogP contribution in [0.15, 0.2) is 70.1 Å². The van der Waals surface area contributed by atoms with Crippen LogP contribution in [-0.4, -0.2) is 23.4 Å². The molecule has 0 amide bonds. The van der Waals surface area contributed by atoms with Crippen molar-refractivity contribution in [2.45, 2.75) is 57.0 Å². The fraction of sp³-hybridized carbons (Fsp3) is 0.375. The van der Waals surface area contributed by atoms with Gasteiger partial charge in [0, 0.05) is 46.7 Å². The Morgan fingerprint density at radius 1 is 1.38 bits per heavy atom. The molecule has 1 fully saturated rings. The van der Waals surface area contributed by atoms with E-state index in [9.17, 15) is 9.65 Å². The highest BCUT2D eigenvalue weighted by molar-refractivity contribution is 6.30. The molecule has 1 aromatic carbocycles. The lowest BCUT2D eigenvalue weighted by Gasteiger charge is -2.40. The third kappa shape index (κ3) is 6.69. The van der Waals surface area contributed by atoms with E-state index in [-0.39, 0.29) is 12.0 Å². The molecule has 0 aromatic heterocycles. The first kappa shape index (κ1) is 23.6. The average Bonchev–Trinajstić information content (AvgIpc) is 2.99. The first-order chi connectivity index (χ1) is 15.4. The molecular formula is C24H28ClFN6. The van der Waals surface area contributed by atoms with E-state index in [1.165, 1.54) is 6.20 Å². The zero-order valence-electron chi connectivity index (χ0n) is 18.1. The summed E-state index contributed by atoms with van der Waals surface area (Å²) in [6.07, 6.45) is 10.6. The zero-order chi connectivity index (χ0) is 23.0. The largest absolute Gasteiger partial charge is 0.384 e. The van der Waals surface area contributed by atoms with E-state index in [1.54, 1.807) is 12.2 Å². The minimum atomic E-state index is -0.460. The number of benzene rings is 1. The summed E-state index contributed by atoms with van der Waals surface area (Å²) in [6.45, 7) is 1.86. The number of nitrogens with one attached hydrogen (secondary N) is 2. The van der Waals surface area contributed by atoms with Crippen molar-refractivity contribution in [1.82, 2.24) is 5.32 Å². The molecule has 0 bridgehead atoms. The molecule has 0 radical (unpaired) electrons. The highest BCUT2D eigenvalue weighted by Crippen LogP contribution is 2.33. The van der Waals surface area contributed by atoms with Gasteiger partial charge in [0.1, 0.15) is 5.84 Å². The number of rotatable bonds is 7. The molecule has 1 aliphatic carbocycles. The molecule has 4 N–H and O–H groups in total. The van der Waals surface area contributed by atoms with Gasteiger partial charge in [-0.1, -0.05) is 17.7 Å². The molecule has 32 heavy (non-hydrogen) atoms. The van der Waals surface area contributed by atoms with E-state index in [0.717, 1.165) is 36.9 Å². The number of hydrogen-bond acceptors (Lipinski definition) is 5. The van der Waals surface area contributed by atoms with Crippen molar-refractivity contribution >= 4 is 29.1 Å². The first-order valence-electron chi connectivity index (χ1n) is 10.7. The topological polar surface area (TPSA) is 98.6 Å². The maximum atomic E-state index is 13.2. The molecule has 0 spiro atoms. The van der Waals surface area contributed by atoms with Crippen LogP contribution in [0.2, 0.25) is 5.02 Å². The van der Waals surface area contributed by atoms with E-state index in [4.69, 9.17) is 17.3 Å². The number of allylic oxidation sites excluding steroid dienone is 2. The average molecular weight is 455 g/mol. The van der Waals surface area contributed by atoms with Crippen molar-refractivity contribution in [1.29, 1.82) is 5.26 Å². The Bertz CT molecular complexity index is 992. The van der Waals surface area contributed by atoms with Crippen molar-refractivity contribution in [2.75, 3.05) is 5.32 Å².